The molecule has 4 rings (SSSR count). The molecular formula is C19H20FNO4. The number of nitrogens with zero attached hydrogens (tertiary/aromatic N) is 1. The lowest BCUT2D eigenvalue weighted by molar-refractivity contribution is -0.145. The van der Waals surface area contributed by atoms with Crippen molar-refractivity contribution in [3.05, 3.63) is 39.2 Å². The van der Waals surface area contributed by atoms with Crippen LogP contribution in [0.5, 0.6) is 5.75 Å². The molecule has 25 heavy (non-hydrogen) atoms. The fourth-order valence-corrected chi connectivity index (χ4v) is 3.69. The number of ether oxygens (including phenoxy) is 1. The molecule has 1 saturated heterocycles. The average Bonchev–Trinajstić information content (AvgIpc) is 3.05. The van der Waals surface area contributed by atoms with Gasteiger partial charge in [-0.2, -0.15) is 0 Å². The van der Waals surface area contributed by atoms with Crippen LogP contribution in [0.1, 0.15) is 30.0 Å². The highest BCUT2D eigenvalue weighted by molar-refractivity contribution is 5.87. The van der Waals surface area contributed by atoms with Crippen molar-refractivity contribution >= 4 is 16.9 Å². The van der Waals surface area contributed by atoms with Crippen molar-refractivity contribution in [3.63, 3.8) is 0 Å². The number of rotatable bonds is 3. The summed E-state index contributed by atoms with van der Waals surface area (Å²) in [7, 11) is 0. The summed E-state index contributed by atoms with van der Waals surface area (Å²) >= 11 is 0. The molecule has 0 spiro atoms. The molecule has 132 valence electrons. The number of benzene rings is 1. The highest BCUT2D eigenvalue weighted by atomic mass is 19.1. The van der Waals surface area contributed by atoms with Crippen LogP contribution >= 0.6 is 0 Å². The third-order valence-corrected chi connectivity index (χ3v) is 5.14. The van der Waals surface area contributed by atoms with Gasteiger partial charge >= 0.3 is 5.63 Å². The molecule has 1 aromatic carbocycles. The van der Waals surface area contributed by atoms with Gasteiger partial charge in [-0.15, -0.1) is 0 Å². The molecule has 1 aromatic heterocycles. The summed E-state index contributed by atoms with van der Waals surface area (Å²) in [5.74, 6) is 0.274. The quantitative estimate of drug-likeness (QED) is 0.802. The van der Waals surface area contributed by atoms with E-state index < -0.39 is 12.3 Å². The van der Waals surface area contributed by atoms with Crippen LogP contribution in [0.3, 0.4) is 0 Å². The maximum Gasteiger partial charge on any atom is 0.339 e. The van der Waals surface area contributed by atoms with Crippen LogP contribution in [0.15, 0.2) is 21.3 Å². The summed E-state index contributed by atoms with van der Waals surface area (Å²) in [6.45, 7) is 3.73. The summed E-state index contributed by atoms with van der Waals surface area (Å²) in [5.41, 5.74) is 2.80. The van der Waals surface area contributed by atoms with Crippen molar-refractivity contribution in [2.45, 2.75) is 45.4 Å². The van der Waals surface area contributed by atoms with E-state index in [1.807, 2.05) is 19.1 Å². The van der Waals surface area contributed by atoms with E-state index in [-0.39, 0.29) is 24.6 Å². The van der Waals surface area contributed by atoms with Gasteiger partial charge < -0.3 is 14.1 Å². The van der Waals surface area contributed by atoms with Crippen molar-refractivity contribution in [1.82, 2.24) is 4.90 Å². The smallest absolute Gasteiger partial charge is 0.339 e. The van der Waals surface area contributed by atoms with Crippen LogP contribution in [0, 0.1) is 6.92 Å². The van der Waals surface area contributed by atoms with Crippen molar-refractivity contribution in [2.75, 3.05) is 13.1 Å². The minimum atomic E-state index is -0.935. The molecule has 1 unspecified atom stereocenters. The molecule has 2 heterocycles. The molecule has 1 aliphatic heterocycles. The second-order valence-corrected chi connectivity index (χ2v) is 6.87. The second kappa shape index (κ2) is 5.86. The molecule has 2 aliphatic rings. The van der Waals surface area contributed by atoms with Crippen LogP contribution in [0.25, 0.3) is 11.0 Å². The fraction of sp³-hybridized carbons (Fsp3) is 0.474. The van der Waals surface area contributed by atoms with Gasteiger partial charge in [-0.25, -0.2) is 9.18 Å². The number of hydrogen-bond donors (Lipinski definition) is 0. The van der Waals surface area contributed by atoms with Gasteiger partial charge in [0.25, 0.3) is 5.91 Å². The van der Waals surface area contributed by atoms with Gasteiger partial charge in [0.2, 0.25) is 0 Å². The lowest BCUT2D eigenvalue weighted by Crippen LogP contribution is -2.55. The lowest BCUT2D eigenvalue weighted by atomic mass is 10.0. The van der Waals surface area contributed by atoms with Crippen LogP contribution in [-0.4, -0.2) is 36.2 Å². The van der Waals surface area contributed by atoms with E-state index in [4.69, 9.17) is 9.15 Å². The predicted octanol–water partition coefficient (Wildman–Crippen LogP) is 2.54. The Balaban J connectivity index is 1.65. The molecule has 2 aromatic rings. The Morgan fingerprint density at radius 2 is 2.04 bits per heavy atom. The number of hydrogen-bond acceptors (Lipinski definition) is 4. The van der Waals surface area contributed by atoms with Crippen molar-refractivity contribution < 1.29 is 18.3 Å². The highest BCUT2D eigenvalue weighted by Crippen LogP contribution is 2.33. The van der Waals surface area contributed by atoms with E-state index in [9.17, 15) is 14.0 Å². The number of alkyl halides is 1. The van der Waals surface area contributed by atoms with Gasteiger partial charge in [0.1, 0.15) is 17.5 Å². The van der Waals surface area contributed by atoms with Crippen LogP contribution in [0.4, 0.5) is 4.39 Å². The van der Waals surface area contributed by atoms with E-state index in [1.165, 1.54) is 4.90 Å². The van der Waals surface area contributed by atoms with E-state index in [0.717, 1.165) is 35.8 Å². The summed E-state index contributed by atoms with van der Waals surface area (Å²) in [6.07, 6.45) is 0.959. The third kappa shape index (κ3) is 2.60. The Kier molecular flexibility index (Phi) is 3.78. The summed E-state index contributed by atoms with van der Waals surface area (Å²) < 4.78 is 24.2. The zero-order valence-corrected chi connectivity index (χ0v) is 14.3. The monoisotopic (exact) mass is 345 g/mol. The largest absolute Gasteiger partial charge is 0.480 e. The Hall–Kier alpha value is -2.37. The molecule has 1 fully saturated rings. The van der Waals surface area contributed by atoms with Gasteiger partial charge in [0.05, 0.1) is 13.1 Å². The normalized spacial score (nSPS) is 18.1. The number of likely N-dealkylation sites (tertiary alicyclic amines) is 1. The van der Waals surface area contributed by atoms with Crippen LogP contribution in [-0.2, 0) is 17.6 Å². The SMILES string of the molecule is Cc1c(OC(C)C(=O)N2CC(F)C2)ccc2c3c(c(=O)oc12)CCC3. The maximum absolute atomic E-state index is 12.9. The standard InChI is InChI=1S/C19H20FNO4/c1-10-16(24-11(2)18(22)21-8-12(20)9-21)7-6-14-13-4-3-5-15(13)19(23)25-17(10)14/h6-7,11-12H,3-5,8-9H2,1-2H3. The molecular weight excluding hydrogens is 325 g/mol. The third-order valence-electron chi connectivity index (χ3n) is 5.14. The Morgan fingerprint density at radius 1 is 1.32 bits per heavy atom. The fourth-order valence-electron chi connectivity index (χ4n) is 3.69. The van der Waals surface area contributed by atoms with Crippen molar-refractivity contribution in [2.24, 2.45) is 0 Å². The van der Waals surface area contributed by atoms with Gasteiger partial charge in [-0.1, -0.05) is 0 Å². The first kappa shape index (κ1) is 16.1. The molecule has 1 amide bonds. The average molecular weight is 345 g/mol. The molecule has 0 saturated carbocycles. The first-order valence-electron chi connectivity index (χ1n) is 8.63. The molecule has 0 N–H and O–H groups in total. The topological polar surface area (TPSA) is 59.8 Å². The second-order valence-electron chi connectivity index (χ2n) is 6.87. The van der Waals surface area contributed by atoms with Gasteiger partial charge in [-0.05, 0) is 50.8 Å². The number of carbonyl (C=O) groups excluding carboxylic acids is 1. The number of halogens is 1. The number of carbonyl (C=O) groups is 1. The molecule has 0 bridgehead atoms. The van der Waals surface area contributed by atoms with Crippen LogP contribution in [0.2, 0.25) is 0 Å². The zero-order valence-electron chi connectivity index (χ0n) is 14.3. The molecule has 5 nitrogen and oxygen atoms in total. The van der Waals surface area contributed by atoms with Crippen molar-refractivity contribution in [3.8, 4) is 5.75 Å². The van der Waals surface area contributed by atoms with Crippen LogP contribution < -0.4 is 10.4 Å². The first-order valence-corrected chi connectivity index (χ1v) is 8.63. The van der Waals surface area contributed by atoms with E-state index >= 15 is 0 Å². The Bertz CT molecular complexity index is 914. The zero-order chi connectivity index (χ0) is 17.7. The van der Waals surface area contributed by atoms with Crippen molar-refractivity contribution in [1.29, 1.82) is 0 Å². The van der Waals surface area contributed by atoms with Gasteiger partial charge in [-0.3, -0.25) is 4.79 Å². The van der Waals surface area contributed by atoms with E-state index in [1.54, 1.807) is 6.92 Å². The Labute approximate surface area is 144 Å². The van der Waals surface area contributed by atoms with Gasteiger partial charge in [0.15, 0.2) is 6.10 Å². The van der Waals surface area contributed by atoms with Gasteiger partial charge in [0, 0.05) is 16.5 Å². The maximum atomic E-state index is 12.9. The molecule has 0 radical (unpaired) electrons. The summed E-state index contributed by atoms with van der Waals surface area (Å²) in [5, 5.41) is 0.943. The van der Waals surface area contributed by atoms with E-state index in [2.05, 4.69) is 0 Å². The lowest BCUT2D eigenvalue weighted by Gasteiger charge is -2.36. The number of aryl methyl sites for hydroxylation is 2. The molecule has 6 heteroatoms. The molecule has 1 aliphatic carbocycles. The minimum absolute atomic E-state index is 0.129. The highest BCUT2D eigenvalue weighted by Gasteiger charge is 2.34. The summed E-state index contributed by atoms with van der Waals surface area (Å²) in [4.78, 5) is 25.8. The summed E-state index contributed by atoms with van der Waals surface area (Å²) in [6, 6.07) is 3.71. The minimum Gasteiger partial charge on any atom is -0.480 e. The van der Waals surface area contributed by atoms with E-state index in [0.29, 0.717) is 16.9 Å². The molecule has 1 atom stereocenters. The number of fused-ring (bicyclic) bond motifs is 3. The number of amides is 1. The first-order chi connectivity index (χ1) is 12.0. The Morgan fingerprint density at radius 3 is 2.76 bits per heavy atom. The predicted molar refractivity (Wildman–Crippen MR) is 90.8 cm³/mol.